The summed E-state index contributed by atoms with van der Waals surface area (Å²) in [5.74, 6) is -0.240. The summed E-state index contributed by atoms with van der Waals surface area (Å²) in [6.07, 6.45) is 2.05. The van der Waals surface area contributed by atoms with E-state index >= 15 is 0 Å². The van der Waals surface area contributed by atoms with Gasteiger partial charge >= 0.3 is 0 Å². The van der Waals surface area contributed by atoms with Crippen molar-refractivity contribution in [1.29, 1.82) is 0 Å². The highest BCUT2D eigenvalue weighted by atomic mass is 79.9. The molecule has 1 aromatic heterocycles. The lowest BCUT2D eigenvalue weighted by molar-refractivity contribution is 0.0935. The molecule has 0 fully saturated rings. The highest BCUT2D eigenvalue weighted by molar-refractivity contribution is 9.10. The molecule has 0 spiro atoms. The maximum Gasteiger partial charge on any atom is 0.271 e. The Kier molecular flexibility index (Phi) is 4.82. The molecule has 6 heteroatoms. The molecule has 0 aliphatic heterocycles. The quantitative estimate of drug-likeness (QED) is 0.830. The van der Waals surface area contributed by atoms with Crippen molar-refractivity contribution in [3.63, 3.8) is 0 Å². The van der Waals surface area contributed by atoms with Crippen molar-refractivity contribution < 1.29 is 4.79 Å². The molecule has 16 heavy (non-hydrogen) atoms. The van der Waals surface area contributed by atoms with Crippen LogP contribution in [-0.2, 0) is 0 Å². The summed E-state index contributed by atoms with van der Waals surface area (Å²) in [5, 5.41) is 2.77. The van der Waals surface area contributed by atoms with Gasteiger partial charge in [0.2, 0.25) is 0 Å². The van der Waals surface area contributed by atoms with Gasteiger partial charge in [-0.05, 0) is 35.0 Å². The number of nitrogens with zero attached hydrogens (tertiary/aromatic N) is 1. The first-order chi connectivity index (χ1) is 7.50. The lowest BCUT2D eigenvalue weighted by Gasteiger charge is -2.12. The number of halogens is 1. The van der Waals surface area contributed by atoms with Crippen molar-refractivity contribution in [1.82, 2.24) is 10.3 Å². The molecule has 4 nitrogen and oxygen atoms in total. The molecule has 1 atom stereocenters. The maximum absolute atomic E-state index is 11.8. The van der Waals surface area contributed by atoms with E-state index in [4.69, 9.17) is 18.0 Å². The summed E-state index contributed by atoms with van der Waals surface area (Å²) in [5.41, 5.74) is 5.75. The second-order valence-corrected chi connectivity index (χ2v) is 4.76. The summed E-state index contributed by atoms with van der Waals surface area (Å²) in [6, 6.07) is 3.42. The van der Waals surface area contributed by atoms with E-state index in [1.54, 1.807) is 18.3 Å². The molecule has 86 valence electrons. The first-order valence-electron chi connectivity index (χ1n) is 4.70. The molecule has 1 unspecified atom stereocenters. The molecule has 0 aliphatic rings. The Labute approximate surface area is 108 Å². The minimum absolute atomic E-state index is 0.0982. The highest BCUT2D eigenvalue weighted by Gasteiger charge is 2.13. The number of nitrogens with two attached hydrogens (primary N) is 1. The fourth-order valence-electron chi connectivity index (χ4n) is 1.20. The van der Waals surface area contributed by atoms with Crippen LogP contribution in [0.15, 0.2) is 22.8 Å². The number of pyridine rings is 1. The standard InChI is InChI=1S/C10H12BrN3OS/c1-6(5-8(12)16)14-10(15)9-7(11)3-2-4-13-9/h2-4,6H,5H2,1H3,(H2,12,16)(H,14,15). The van der Waals surface area contributed by atoms with Gasteiger partial charge in [-0.15, -0.1) is 0 Å². The lowest BCUT2D eigenvalue weighted by Crippen LogP contribution is -2.35. The van der Waals surface area contributed by atoms with Crippen LogP contribution in [0.5, 0.6) is 0 Å². The zero-order chi connectivity index (χ0) is 12.1. The lowest BCUT2D eigenvalue weighted by atomic mass is 10.2. The second kappa shape index (κ2) is 5.91. The van der Waals surface area contributed by atoms with Crippen LogP contribution < -0.4 is 11.1 Å². The first kappa shape index (κ1) is 13.1. The van der Waals surface area contributed by atoms with Crippen LogP contribution in [0.4, 0.5) is 0 Å². The summed E-state index contributed by atoms with van der Waals surface area (Å²) in [4.78, 5) is 16.1. The van der Waals surface area contributed by atoms with Gasteiger partial charge in [-0.1, -0.05) is 12.2 Å². The predicted molar refractivity (Wildman–Crippen MR) is 70.3 cm³/mol. The van der Waals surface area contributed by atoms with Crippen LogP contribution in [0.3, 0.4) is 0 Å². The Morgan fingerprint density at radius 2 is 2.44 bits per heavy atom. The Morgan fingerprint density at radius 1 is 1.75 bits per heavy atom. The normalized spacial score (nSPS) is 11.9. The molecule has 3 N–H and O–H groups in total. The van der Waals surface area contributed by atoms with Crippen molar-refractivity contribution in [2.24, 2.45) is 5.73 Å². The van der Waals surface area contributed by atoms with Gasteiger partial charge in [0, 0.05) is 23.1 Å². The molecule has 1 rings (SSSR count). The summed E-state index contributed by atoms with van der Waals surface area (Å²) < 4.78 is 0.662. The third-order valence-electron chi connectivity index (χ3n) is 1.86. The van der Waals surface area contributed by atoms with Gasteiger partial charge in [-0.25, -0.2) is 4.98 Å². The van der Waals surface area contributed by atoms with Gasteiger partial charge < -0.3 is 11.1 Å². The second-order valence-electron chi connectivity index (χ2n) is 3.38. The van der Waals surface area contributed by atoms with E-state index in [9.17, 15) is 4.79 Å². The molecular formula is C10H12BrN3OS. The van der Waals surface area contributed by atoms with E-state index in [2.05, 4.69) is 26.2 Å². The van der Waals surface area contributed by atoms with E-state index in [0.29, 0.717) is 21.6 Å². The topological polar surface area (TPSA) is 68.0 Å². The SMILES string of the molecule is CC(CC(N)=S)NC(=O)c1ncccc1Br. The summed E-state index contributed by atoms with van der Waals surface area (Å²) in [7, 11) is 0. The largest absolute Gasteiger partial charge is 0.393 e. The minimum atomic E-state index is -0.240. The average Bonchev–Trinajstić information content (AvgIpc) is 2.16. The zero-order valence-electron chi connectivity index (χ0n) is 8.74. The number of rotatable bonds is 4. The van der Waals surface area contributed by atoms with Gasteiger partial charge in [0.05, 0.1) is 4.99 Å². The van der Waals surface area contributed by atoms with Crippen LogP contribution in [0.2, 0.25) is 0 Å². The molecular weight excluding hydrogens is 290 g/mol. The van der Waals surface area contributed by atoms with Crippen molar-refractivity contribution in [2.45, 2.75) is 19.4 Å². The number of hydrogen-bond acceptors (Lipinski definition) is 3. The number of hydrogen-bond donors (Lipinski definition) is 2. The van der Waals surface area contributed by atoms with E-state index in [1.807, 2.05) is 6.92 Å². The van der Waals surface area contributed by atoms with E-state index in [-0.39, 0.29) is 11.9 Å². The van der Waals surface area contributed by atoms with Crippen LogP contribution in [-0.4, -0.2) is 21.9 Å². The van der Waals surface area contributed by atoms with Gasteiger partial charge in [-0.2, -0.15) is 0 Å². The number of carbonyl (C=O) groups is 1. The number of carbonyl (C=O) groups excluding carboxylic acids is 1. The van der Waals surface area contributed by atoms with E-state index < -0.39 is 0 Å². The highest BCUT2D eigenvalue weighted by Crippen LogP contribution is 2.13. The summed E-state index contributed by atoms with van der Waals surface area (Å²) >= 11 is 8.03. The van der Waals surface area contributed by atoms with E-state index in [1.165, 1.54) is 0 Å². The maximum atomic E-state index is 11.8. The van der Waals surface area contributed by atoms with Crippen LogP contribution in [0.25, 0.3) is 0 Å². The Bertz CT molecular complexity index is 411. The van der Waals surface area contributed by atoms with Gasteiger partial charge in [0.25, 0.3) is 5.91 Å². The third-order valence-corrected chi connectivity index (χ3v) is 2.66. The third kappa shape index (κ3) is 3.86. The van der Waals surface area contributed by atoms with Crippen molar-refractivity contribution in [3.05, 3.63) is 28.5 Å². The monoisotopic (exact) mass is 301 g/mol. The summed E-state index contributed by atoms with van der Waals surface area (Å²) in [6.45, 7) is 1.84. The van der Waals surface area contributed by atoms with Crippen molar-refractivity contribution >= 4 is 39.0 Å². The number of thiocarbonyl (C=S) groups is 1. The van der Waals surface area contributed by atoms with Crippen LogP contribution in [0.1, 0.15) is 23.8 Å². The molecule has 0 aliphatic carbocycles. The van der Waals surface area contributed by atoms with E-state index in [0.717, 1.165) is 0 Å². The Hall–Kier alpha value is -1.01. The van der Waals surface area contributed by atoms with Crippen molar-refractivity contribution in [2.75, 3.05) is 0 Å². The van der Waals surface area contributed by atoms with Crippen molar-refractivity contribution in [3.8, 4) is 0 Å². The predicted octanol–water partition coefficient (Wildman–Crippen LogP) is 1.64. The van der Waals surface area contributed by atoms with Crippen LogP contribution >= 0.6 is 28.1 Å². The smallest absolute Gasteiger partial charge is 0.271 e. The zero-order valence-corrected chi connectivity index (χ0v) is 11.1. The molecule has 0 radical (unpaired) electrons. The molecule has 0 saturated heterocycles. The Morgan fingerprint density at radius 3 is 3.00 bits per heavy atom. The molecule has 0 aromatic carbocycles. The molecule has 0 bridgehead atoms. The number of amides is 1. The average molecular weight is 302 g/mol. The van der Waals surface area contributed by atoms with Crippen LogP contribution in [0, 0.1) is 0 Å². The van der Waals surface area contributed by atoms with Gasteiger partial charge in [0.1, 0.15) is 5.69 Å². The molecule has 1 amide bonds. The van der Waals surface area contributed by atoms with Gasteiger partial charge in [0.15, 0.2) is 0 Å². The number of aromatic nitrogens is 1. The number of nitrogens with one attached hydrogen (secondary N) is 1. The fraction of sp³-hybridized carbons (Fsp3) is 0.300. The first-order valence-corrected chi connectivity index (χ1v) is 5.90. The van der Waals surface area contributed by atoms with Gasteiger partial charge in [-0.3, -0.25) is 4.79 Å². The minimum Gasteiger partial charge on any atom is -0.393 e. The fourth-order valence-corrected chi connectivity index (χ4v) is 1.88. The molecule has 1 heterocycles. The molecule has 0 saturated carbocycles. The molecule has 1 aromatic rings. The Balaban J connectivity index is 2.66.